The first-order valence-corrected chi connectivity index (χ1v) is 18.5. The first-order chi connectivity index (χ1) is 27.6. The molecule has 0 aliphatic rings. The Morgan fingerprint density at radius 3 is 0.772 bits per heavy atom. The molecule has 0 saturated carbocycles. The van der Waals surface area contributed by atoms with E-state index in [1.807, 2.05) is 0 Å². The predicted octanol–water partition coefficient (Wildman–Crippen LogP) is 3.38. The zero-order chi connectivity index (χ0) is 42.3. The molecule has 0 aliphatic carbocycles. The second-order valence-corrected chi connectivity index (χ2v) is 11.7. The van der Waals surface area contributed by atoms with E-state index in [9.17, 15) is 28.8 Å². The molecule has 0 fully saturated rings. The molecule has 18 heteroatoms. The van der Waals surface area contributed by atoms with Crippen molar-refractivity contribution in [2.45, 2.75) is 98.8 Å². The molecule has 0 amide bonds. The van der Waals surface area contributed by atoms with E-state index in [0.29, 0.717) is 13.7 Å². The molecule has 318 valence electrons. The molecule has 1 rings (SSSR count). The van der Waals surface area contributed by atoms with Crippen LogP contribution in [0.2, 0.25) is 0 Å². The number of allylic oxidation sites excluding steroid dienone is 6. The molecule has 0 aromatic carbocycles. The lowest BCUT2D eigenvalue weighted by Gasteiger charge is -2.19. The van der Waals surface area contributed by atoms with Gasteiger partial charge in [0, 0.05) is 19.6 Å². The number of carbonyl (C=O) groups is 3. The van der Waals surface area contributed by atoms with Crippen LogP contribution < -0.4 is 17.1 Å². The van der Waals surface area contributed by atoms with E-state index in [1.54, 1.807) is 78.0 Å². The highest BCUT2D eigenvalue weighted by Gasteiger charge is 2.23. The standard InChI is InChI=1S/C39H57N3O15/c1-7-19-49-25-31(26-50-20-8-2)55-34(43)13-16-40-37(46)41(17-14-35(44)56-32(27-51-21-9-3)28-52-22-10-4)39(48)42(38(40)47)18-15-36(45)57-33(29-53-23-11-5)30-54-24-12-6/h7-12,19-24,31-33H,13-18,25-30H2,1-6H3/b19-7+,20-8+,21-9+,22-10+,23-11+,24-12+. The van der Waals surface area contributed by atoms with Gasteiger partial charge in [0.25, 0.3) is 0 Å². The van der Waals surface area contributed by atoms with Gasteiger partial charge >= 0.3 is 35.0 Å². The van der Waals surface area contributed by atoms with Gasteiger partial charge in [-0.1, -0.05) is 36.5 Å². The van der Waals surface area contributed by atoms with Gasteiger partial charge in [0.15, 0.2) is 18.3 Å². The number of hydrogen-bond donors (Lipinski definition) is 0. The highest BCUT2D eigenvalue weighted by atomic mass is 16.6. The first-order valence-electron chi connectivity index (χ1n) is 18.5. The summed E-state index contributed by atoms with van der Waals surface area (Å²) >= 11 is 0. The minimum Gasteiger partial charge on any atom is -0.498 e. The molecule has 0 saturated heterocycles. The van der Waals surface area contributed by atoms with Crippen LogP contribution in [0.25, 0.3) is 0 Å². The molecule has 0 aliphatic heterocycles. The molecule has 1 aromatic heterocycles. The normalized spacial score (nSPS) is 11.9. The Bertz CT molecular complexity index is 1430. The van der Waals surface area contributed by atoms with Crippen molar-refractivity contribution in [3.63, 3.8) is 0 Å². The lowest BCUT2D eigenvalue weighted by molar-refractivity contribution is -0.154. The van der Waals surface area contributed by atoms with Crippen molar-refractivity contribution in [1.29, 1.82) is 0 Å². The van der Waals surface area contributed by atoms with Crippen LogP contribution in [0, 0.1) is 0 Å². The van der Waals surface area contributed by atoms with Gasteiger partial charge in [-0.05, 0) is 41.5 Å². The Hall–Kier alpha value is -5.94. The number of esters is 3. The lowest BCUT2D eigenvalue weighted by atomic mass is 10.3. The summed E-state index contributed by atoms with van der Waals surface area (Å²) in [4.78, 5) is 79.7. The Balaban J connectivity index is 3.39. The zero-order valence-electron chi connectivity index (χ0n) is 33.6. The van der Waals surface area contributed by atoms with Crippen LogP contribution in [-0.4, -0.2) is 89.6 Å². The van der Waals surface area contributed by atoms with Crippen LogP contribution >= 0.6 is 0 Å². The molecular weight excluding hydrogens is 750 g/mol. The smallest absolute Gasteiger partial charge is 0.336 e. The van der Waals surface area contributed by atoms with E-state index in [1.165, 1.54) is 37.6 Å². The summed E-state index contributed by atoms with van der Waals surface area (Å²) in [6, 6.07) is 0. The Kier molecular flexibility index (Phi) is 26.1. The highest BCUT2D eigenvalue weighted by Crippen LogP contribution is 2.04. The molecule has 57 heavy (non-hydrogen) atoms. The summed E-state index contributed by atoms with van der Waals surface area (Å²) < 4.78 is 50.4. The third kappa shape index (κ3) is 20.5. The molecule has 0 bridgehead atoms. The van der Waals surface area contributed by atoms with Crippen molar-refractivity contribution in [1.82, 2.24) is 13.7 Å². The highest BCUT2D eigenvalue weighted by molar-refractivity contribution is 5.70. The maximum atomic E-state index is 13.6. The fraction of sp³-hybridized carbons (Fsp3) is 0.538. The number of rotatable bonds is 30. The fourth-order valence-corrected chi connectivity index (χ4v) is 4.50. The number of ether oxygens (including phenoxy) is 9. The van der Waals surface area contributed by atoms with Crippen molar-refractivity contribution in [2.24, 2.45) is 0 Å². The van der Waals surface area contributed by atoms with E-state index in [-0.39, 0.29) is 39.6 Å². The molecule has 0 unspecified atom stereocenters. The summed E-state index contributed by atoms with van der Waals surface area (Å²) in [6.07, 6.45) is 14.4. The Morgan fingerprint density at radius 1 is 0.404 bits per heavy atom. The maximum absolute atomic E-state index is 13.6. The summed E-state index contributed by atoms with van der Waals surface area (Å²) in [5.74, 6) is -2.39. The van der Waals surface area contributed by atoms with Crippen LogP contribution in [0.3, 0.4) is 0 Å². The quantitative estimate of drug-likeness (QED) is 0.0622. The summed E-state index contributed by atoms with van der Waals surface area (Å²) in [5.41, 5.74) is -3.29. The maximum Gasteiger partial charge on any atom is 0.336 e. The van der Waals surface area contributed by atoms with Crippen molar-refractivity contribution >= 4 is 17.9 Å². The van der Waals surface area contributed by atoms with Gasteiger partial charge in [-0.15, -0.1) is 0 Å². The van der Waals surface area contributed by atoms with E-state index in [4.69, 9.17) is 42.6 Å². The van der Waals surface area contributed by atoms with Crippen molar-refractivity contribution in [3.8, 4) is 0 Å². The lowest BCUT2D eigenvalue weighted by Crippen LogP contribution is -2.55. The van der Waals surface area contributed by atoms with E-state index >= 15 is 0 Å². The van der Waals surface area contributed by atoms with Gasteiger partial charge in [-0.3, -0.25) is 14.4 Å². The van der Waals surface area contributed by atoms with E-state index in [0.717, 1.165) is 0 Å². The number of hydrogen-bond acceptors (Lipinski definition) is 15. The molecule has 0 N–H and O–H groups in total. The average molecular weight is 808 g/mol. The van der Waals surface area contributed by atoms with Gasteiger partial charge in [-0.25, -0.2) is 28.1 Å². The topological polar surface area (TPSA) is 200 Å². The molecule has 18 nitrogen and oxygen atoms in total. The van der Waals surface area contributed by atoms with Crippen molar-refractivity contribution in [3.05, 3.63) is 105 Å². The van der Waals surface area contributed by atoms with Crippen LogP contribution in [0.15, 0.2) is 88.4 Å². The molecule has 0 radical (unpaired) electrons. The van der Waals surface area contributed by atoms with Gasteiger partial charge in [0.05, 0.1) is 56.8 Å². The number of aromatic nitrogens is 3. The second kappa shape index (κ2) is 30.3. The molecule has 0 atom stereocenters. The minimum atomic E-state index is -1.10. The number of carbonyl (C=O) groups excluding carboxylic acids is 3. The minimum absolute atomic E-state index is 0.0368. The summed E-state index contributed by atoms with van der Waals surface area (Å²) in [6.45, 7) is 8.70. The molecule has 1 aromatic rings. The Labute approximate surface area is 332 Å². The second-order valence-electron chi connectivity index (χ2n) is 11.7. The average Bonchev–Trinajstić information content (AvgIpc) is 3.18. The van der Waals surface area contributed by atoms with Crippen LogP contribution in [0.4, 0.5) is 0 Å². The third-order valence-corrected chi connectivity index (χ3v) is 6.98. The van der Waals surface area contributed by atoms with Gasteiger partial charge < -0.3 is 42.6 Å². The first kappa shape index (κ1) is 49.1. The monoisotopic (exact) mass is 807 g/mol. The third-order valence-electron chi connectivity index (χ3n) is 6.98. The summed E-state index contributed by atoms with van der Waals surface area (Å²) in [5, 5.41) is 0. The molecular formula is C39H57N3O15. The predicted molar refractivity (Wildman–Crippen MR) is 207 cm³/mol. The molecule has 1 heterocycles. The van der Waals surface area contributed by atoms with Gasteiger partial charge in [0.2, 0.25) is 0 Å². The largest absolute Gasteiger partial charge is 0.498 e. The molecule has 0 spiro atoms. The van der Waals surface area contributed by atoms with Gasteiger partial charge in [0.1, 0.15) is 39.6 Å². The van der Waals surface area contributed by atoms with E-state index < -0.39 is 92.2 Å². The van der Waals surface area contributed by atoms with E-state index in [2.05, 4.69) is 0 Å². The SMILES string of the molecule is C/C=C/OCC(CO/C=C/C)OC(=O)CCn1c(=O)n(CCC(=O)OC(CO/C=C/C)CO/C=C/C)c(=O)n(CCC(=O)OC(CO/C=C/C)CO/C=C/C)c1=O. The van der Waals surface area contributed by atoms with Gasteiger partial charge in [-0.2, -0.15) is 0 Å². The van der Waals surface area contributed by atoms with Crippen LogP contribution in [0.5, 0.6) is 0 Å². The number of nitrogens with zero attached hydrogens (tertiary/aromatic N) is 3. The van der Waals surface area contributed by atoms with Crippen LogP contribution in [-0.2, 0) is 76.6 Å². The summed E-state index contributed by atoms with van der Waals surface area (Å²) in [7, 11) is 0. The fourth-order valence-electron chi connectivity index (χ4n) is 4.50. The van der Waals surface area contributed by atoms with Crippen molar-refractivity contribution < 1.29 is 57.0 Å². The van der Waals surface area contributed by atoms with Crippen molar-refractivity contribution in [2.75, 3.05) is 39.6 Å². The Morgan fingerprint density at radius 2 is 0.596 bits per heavy atom. The zero-order valence-corrected chi connectivity index (χ0v) is 33.6. The van der Waals surface area contributed by atoms with Crippen LogP contribution in [0.1, 0.15) is 60.8 Å².